The van der Waals surface area contributed by atoms with E-state index < -0.39 is 59.0 Å². The molecule has 12 heteroatoms. The van der Waals surface area contributed by atoms with Crippen molar-refractivity contribution in [1.82, 2.24) is 0 Å². The lowest BCUT2D eigenvalue weighted by Crippen LogP contribution is -2.58. The van der Waals surface area contributed by atoms with Crippen molar-refractivity contribution in [2.75, 3.05) is 13.2 Å². The highest BCUT2D eigenvalue weighted by molar-refractivity contribution is 14.1. The SMILES string of the molecule is C[C@H]1/C=C/[C@H]2OCC[C@@H](C[C@H]3CCC[C@@H](C[C@@H](O)CC(=O)OC(CO)CC4C/C(=C\c5ccccc5)[C@H](OC(=O)I)[C@@]1(O)O4)O3)O2. The van der Waals surface area contributed by atoms with Gasteiger partial charge in [-0.05, 0) is 55.7 Å². The minimum atomic E-state index is -2.03. The van der Waals surface area contributed by atoms with Gasteiger partial charge in [0.2, 0.25) is 5.79 Å². The highest BCUT2D eigenvalue weighted by Crippen LogP contribution is 2.42. The Labute approximate surface area is 283 Å². The van der Waals surface area contributed by atoms with Gasteiger partial charge in [0.15, 0.2) is 12.4 Å². The number of ether oxygens (including phenoxy) is 6. The van der Waals surface area contributed by atoms with Crippen molar-refractivity contribution in [2.45, 2.75) is 120 Å². The zero-order valence-corrected chi connectivity index (χ0v) is 28.2. The Kier molecular flexibility index (Phi) is 12.7. The number of esters is 1. The van der Waals surface area contributed by atoms with Crippen LogP contribution in [0.15, 0.2) is 48.1 Å². The number of carbonyl (C=O) groups excluding carboxylic acids is 2. The molecule has 3 fully saturated rings. The second-order valence-corrected chi connectivity index (χ2v) is 13.6. The van der Waals surface area contributed by atoms with Crippen LogP contribution < -0.4 is 0 Å². The molecule has 254 valence electrons. The second kappa shape index (κ2) is 16.5. The third-order valence-corrected chi connectivity index (χ3v) is 9.33. The first-order valence-electron chi connectivity index (χ1n) is 16.2. The average molecular weight is 757 g/mol. The predicted octanol–water partition coefficient (Wildman–Crippen LogP) is 4.59. The molecule has 3 N–H and O–H groups in total. The Hall–Kier alpha value is -1.91. The Morgan fingerprint density at radius 1 is 1.02 bits per heavy atom. The lowest BCUT2D eigenvalue weighted by molar-refractivity contribution is -0.301. The maximum atomic E-state index is 12.9. The molecule has 1 aromatic rings. The van der Waals surface area contributed by atoms with Crippen molar-refractivity contribution in [2.24, 2.45) is 5.92 Å². The standard InChI is InChI=1S/C34H45IO11/c1-21-10-11-31-41-13-12-27(44-31)18-26-9-5-8-25(42-26)16-24(37)17-30(38)43-29(20-36)19-28-15-23(14-22-6-3-2-4-7-22)32(45-33(35)39)34(21,40)46-28/h2-4,6-7,10-11,14,21,24-29,31-32,36-37,40H,5,8-9,12-13,15-20H2,1H3/b11-10+,23-14+/t21-,24+,25-,26+,27-,28?,29?,31-,32-,34-/m0/s1. The number of carbonyl (C=O) groups is 2. The molecule has 2 unspecified atom stereocenters. The van der Waals surface area contributed by atoms with E-state index in [1.54, 1.807) is 19.1 Å². The third kappa shape index (κ3) is 9.59. The predicted molar refractivity (Wildman–Crippen MR) is 175 cm³/mol. The quantitative estimate of drug-likeness (QED) is 0.172. The number of aliphatic hydroxyl groups excluding tert-OH is 2. The molecule has 0 radical (unpaired) electrons. The average Bonchev–Trinajstić information content (AvgIpc) is 3.01. The molecule has 1 aromatic carbocycles. The summed E-state index contributed by atoms with van der Waals surface area (Å²) in [4.78, 5) is 25.2. The molecule has 46 heavy (non-hydrogen) atoms. The fraction of sp³-hybridized carbons (Fsp3) is 0.647. The lowest BCUT2D eigenvalue weighted by Gasteiger charge is -2.46. The molecule has 5 rings (SSSR count). The van der Waals surface area contributed by atoms with E-state index in [4.69, 9.17) is 28.4 Å². The molecule has 6 bridgehead atoms. The highest BCUT2D eigenvalue weighted by atomic mass is 127. The molecule has 4 heterocycles. The summed E-state index contributed by atoms with van der Waals surface area (Å²) in [6.07, 6.45) is 4.92. The number of halogens is 1. The molecule has 11 nitrogen and oxygen atoms in total. The molecule has 4 aliphatic rings. The van der Waals surface area contributed by atoms with Crippen LogP contribution in [0.25, 0.3) is 6.08 Å². The van der Waals surface area contributed by atoms with Crippen LogP contribution in [-0.4, -0.2) is 93.3 Å². The zero-order valence-electron chi connectivity index (χ0n) is 26.1. The summed E-state index contributed by atoms with van der Waals surface area (Å²) in [7, 11) is 0. The van der Waals surface area contributed by atoms with Crippen LogP contribution in [0.4, 0.5) is 4.79 Å². The summed E-state index contributed by atoms with van der Waals surface area (Å²) in [5.74, 6) is -3.39. The van der Waals surface area contributed by atoms with Gasteiger partial charge >= 0.3 is 9.95 Å². The second-order valence-electron chi connectivity index (χ2n) is 12.7. The van der Waals surface area contributed by atoms with Gasteiger partial charge in [-0.1, -0.05) is 49.4 Å². The van der Waals surface area contributed by atoms with Gasteiger partial charge < -0.3 is 43.7 Å². The molecule has 0 aliphatic carbocycles. The van der Waals surface area contributed by atoms with Gasteiger partial charge in [-0.3, -0.25) is 4.79 Å². The monoisotopic (exact) mass is 756 g/mol. The maximum Gasteiger partial charge on any atom is 0.367 e. The molecule has 0 amide bonds. The van der Waals surface area contributed by atoms with Crippen LogP contribution in [0.2, 0.25) is 0 Å². The van der Waals surface area contributed by atoms with Gasteiger partial charge in [0.05, 0.1) is 72.7 Å². The topological polar surface area (TPSA) is 150 Å². The van der Waals surface area contributed by atoms with E-state index >= 15 is 0 Å². The van der Waals surface area contributed by atoms with Gasteiger partial charge in [-0.2, -0.15) is 0 Å². The molecular weight excluding hydrogens is 711 g/mol. The number of hydrogen-bond donors (Lipinski definition) is 3. The first kappa shape index (κ1) is 35.4. The lowest BCUT2D eigenvalue weighted by atomic mass is 9.83. The van der Waals surface area contributed by atoms with Gasteiger partial charge in [0, 0.05) is 18.8 Å². The molecule has 0 spiro atoms. The Morgan fingerprint density at radius 2 is 1.76 bits per heavy atom. The zero-order chi connectivity index (χ0) is 32.7. The number of aliphatic hydroxyl groups is 3. The molecular formula is C34H45IO11. The largest absolute Gasteiger partial charge is 0.460 e. The van der Waals surface area contributed by atoms with Crippen LogP contribution in [0, 0.1) is 5.92 Å². The van der Waals surface area contributed by atoms with Gasteiger partial charge in [-0.25, -0.2) is 4.79 Å². The summed E-state index contributed by atoms with van der Waals surface area (Å²) >= 11 is 1.53. The Balaban J connectivity index is 1.47. The Morgan fingerprint density at radius 3 is 2.50 bits per heavy atom. The van der Waals surface area contributed by atoms with Gasteiger partial charge in [0.1, 0.15) is 6.10 Å². The molecule has 3 saturated heterocycles. The highest BCUT2D eigenvalue weighted by Gasteiger charge is 2.52. The summed E-state index contributed by atoms with van der Waals surface area (Å²) in [5.41, 5.74) is 1.44. The number of fused-ring (bicyclic) bond motifs is 6. The first-order valence-corrected chi connectivity index (χ1v) is 17.3. The number of cyclic esters (lactones) is 1. The van der Waals surface area contributed by atoms with E-state index in [9.17, 15) is 24.9 Å². The molecule has 0 saturated carbocycles. The molecule has 0 aromatic heterocycles. The van der Waals surface area contributed by atoms with E-state index in [0.29, 0.717) is 31.4 Å². The van der Waals surface area contributed by atoms with Crippen LogP contribution in [0.5, 0.6) is 0 Å². The van der Waals surface area contributed by atoms with Gasteiger partial charge in [0.25, 0.3) is 0 Å². The number of rotatable bonds is 3. The number of hydrogen-bond acceptors (Lipinski definition) is 11. The minimum Gasteiger partial charge on any atom is -0.460 e. The minimum absolute atomic E-state index is 0.0410. The van der Waals surface area contributed by atoms with Crippen LogP contribution in [0.1, 0.15) is 70.3 Å². The van der Waals surface area contributed by atoms with Crippen molar-refractivity contribution in [3.05, 3.63) is 53.6 Å². The number of benzene rings is 1. The summed E-state index contributed by atoms with van der Waals surface area (Å²) in [5, 5.41) is 33.2. The van der Waals surface area contributed by atoms with Crippen LogP contribution >= 0.6 is 22.6 Å². The van der Waals surface area contributed by atoms with Crippen molar-refractivity contribution in [3.8, 4) is 0 Å². The van der Waals surface area contributed by atoms with Crippen molar-refractivity contribution >= 4 is 38.6 Å². The maximum absolute atomic E-state index is 12.9. The van der Waals surface area contributed by atoms with Gasteiger partial charge in [-0.15, -0.1) is 0 Å². The van der Waals surface area contributed by atoms with E-state index in [2.05, 4.69) is 0 Å². The van der Waals surface area contributed by atoms with Crippen molar-refractivity contribution in [3.63, 3.8) is 0 Å². The van der Waals surface area contributed by atoms with E-state index in [-0.39, 0.29) is 37.6 Å². The van der Waals surface area contributed by atoms with E-state index in [0.717, 1.165) is 24.8 Å². The summed E-state index contributed by atoms with van der Waals surface area (Å²) in [6, 6.07) is 9.44. The smallest absolute Gasteiger partial charge is 0.367 e. The van der Waals surface area contributed by atoms with Crippen LogP contribution in [-0.2, 0) is 33.2 Å². The normalized spacial score (nSPS) is 39.5. The van der Waals surface area contributed by atoms with Crippen molar-refractivity contribution < 1.29 is 53.3 Å². The molecule has 4 aliphatic heterocycles. The fourth-order valence-corrected chi connectivity index (χ4v) is 7.06. The van der Waals surface area contributed by atoms with E-state index in [1.165, 1.54) is 22.6 Å². The van der Waals surface area contributed by atoms with E-state index in [1.807, 2.05) is 36.4 Å². The summed E-state index contributed by atoms with van der Waals surface area (Å²) in [6.45, 7) is 1.76. The summed E-state index contributed by atoms with van der Waals surface area (Å²) < 4.78 is 35.5. The van der Waals surface area contributed by atoms with Crippen LogP contribution in [0.3, 0.4) is 0 Å². The first-order chi connectivity index (χ1) is 22.1. The Bertz CT molecular complexity index is 1220. The van der Waals surface area contributed by atoms with Crippen molar-refractivity contribution in [1.29, 1.82) is 0 Å². The molecule has 10 atom stereocenters. The third-order valence-electron chi connectivity index (χ3n) is 9.08. The fourth-order valence-electron chi connectivity index (χ4n) is 6.80.